The van der Waals surface area contributed by atoms with Crippen LogP contribution in [0.2, 0.25) is 0 Å². The summed E-state index contributed by atoms with van der Waals surface area (Å²) in [5.41, 5.74) is 0.151. The van der Waals surface area contributed by atoms with Crippen LogP contribution in [-0.4, -0.2) is 37.0 Å². The zero-order chi connectivity index (χ0) is 21.6. The molecular weight excluding hydrogens is 404 g/mol. The molecule has 2 saturated heterocycles. The average Bonchev–Trinajstić information content (AvgIpc) is 3.36. The summed E-state index contributed by atoms with van der Waals surface area (Å²) < 4.78 is 10.5. The molecule has 2 aliphatic heterocycles. The van der Waals surface area contributed by atoms with Crippen molar-refractivity contribution in [1.29, 1.82) is 0 Å². The van der Waals surface area contributed by atoms with Gasteiger partial charge in [-0.1, -0.05) is 6.07 Å². The van der Waals surface area contributed by atoms with Gasteiger partial charge in [0.05, 0.1) is 37.3 Å². The molecule has 3 heterocycles. The van der Waals surface area contributed by atoms with E-state index in [1.54, 1.807) is 38.1 Å². The van der Waals surface area contributed by atoms with Crippen LogP contribution in [0.25, 0.3) is 0 Å². The highest BCUT2D eigenvalue weighted by Crippen LogP contribution is 2.51. The number of aryl methyl sites for hydroxylation is 1. The van der Waals surface area contributed by atoms with Gasteiger partial charge in [0, 0.05) is 10.9 Å². The van der Waals surface area contributed by atoms with Gasteiger partial charge in [-0.15, -0.1) is 11.3 Å². The molecule has 2 fully saturated rings. The van der Waals surface area contributed by atoms with Crippen LogP contribution in [0.5, 0.6) is 5.75 Å². The number of hydrogen-bond acceptors (Lipinski definition) is 7. The number of carbonyl (C=O) groups excluding carboxylic acids is 3. The Bertz CT molecular complexity index is 1020. The fraction of sp³-hybridized carbons (Fsp3) is 0.409. The van der Waals surface area contributed by atoms with Crippen LogP contribution in [0.3, 0.4) is 0 Å². The molecule has 0 aliphatic carbocycles. The highest BCUT2D eigenvalue weighted by molar-refractivity contribution is 7.10. The number of methoxy groups -OCH3 is 1. The molecule has 0 spiro atoms. The molecule has 30 heavy (non-hydrogen) atoms. The minimum Gasteiger partial charge on any atom is -0.497 e. The summed E-state index contributed by atoms with van der Waals surface area (Å²) in [5.74, 6) is -2.26. The number of nitrogens with one attached hydrogen (secondary N) is 1. The number of amides is 2. The Morgan fingerprint density at radius 3 is 2.67 bits per heavy atom. The molecule has 158 valence electrons. The Hall–Kier alpha value is -2.71. The maximum atomic E-state index is 13.6. The molecule has 1 aromatic heterocycles. The topological polar surface area (TPSA) is 84.9 Å². The highest BCUT2D eigenvalue weighted by Gasteiger charge is 2.67. The van der Waals surface area contributed by atoms with Crippen molar-refractivity contribution in [2.75, 3.05) is 18.6 Å². The van der Waals surface area contributed by atoms with E-state index in [2.05, 4.69) is 5.32 Å². The van der Waals surface area contributed by atoms with Gasteiger partial charge in [-0.05, 0) is 49.9 Å². The van der Waals surface area contributed by atoms with Crippen molar-refractivity contribution < 1.29 is 23.9 Å². The molecule has 2 aliphatic rings. The van der Waals surface area contributed by atoms with Crippen molar-refractivity contribution in [2.24, 2.45) is 11.8 Å². The molecular formula is C22H24N2O5S. The van der Waals surface area contributed by atoms with Crippen LogP contribution in [0.1, 0.15) is 30.3 Å². The molecule has 1 N–H and O–H groups in total. The summed E-state index contributed by atoms with van der Waals surface area (Å²) in [7, 11) is 1.53. The Balaban J connectivity index is 1.82. The number of imide groups is 1. The summed E-state index contributed by atoms with van der Waals surface area (Å²) in [5, 5.41) is 5.24. The fourth-order valence-corrected chi connectivity index (χ4v) is 5.56. The van der Waals surface area contributed by atoms with Gasteiger partial charge in [0.2, 0.25) is 11.8 Å². The molecule has 2 amide bonds. The number of nitrogens with zero attached hydrogens (tertiary/aromatic N) is 1. The summed E-state index contributed by atoms with van der Waals surface area (Å²) in [6, 6.07) is 8.34. The van der Waals surface area contributed by atoms with Crippen LogP contribution >= 0.6 is 11.3 Å². The van der Waals surface area contributed by atoms with E-state index in [-0.39, 0.29) is 12.5 Å². The maximum absolute atomic E-state index is 13.6. The van der Waals surface area contributed by atoms with Crippen molar-refractivity contribution in [3.8, 4) is 5.75 Å². The number of rotatable bonds is 5. The van der Waals surface area contributed by atoms with Gasteiger partial charge in [-0.25, -0.2) is 4.90 Å². The third-order valence-electron chi connectivity index (χ3n) is 5.98. The van der Waals surface area contributed by atoms with Gasteiger partial charge in [-0.2, -0.15) is 0 Å². The first kappa shape index (κ1) is 20.6. The van der Waals surface area contributed by atoms with E-state index in [0.29, 0.717) is 11.4 Å². The predicted molar refractivity (Wildman–Crippen MR) is 112 cm³/mol. The van der Waals surface area contributed by atoms with Crippen molar-refractivity contribution in [3.05, 3.63) is 46.2 Å². The van der Waals surface area contributed by atoms with Crippen LogP contribution in [0, 0.1) is 18.8 Å². The van der Waals surface area contributed by atoms with Gasteiger partial charge in [0.15, 0.2) is 0 Å². The first-order valence-electron chi connectivity index (χ1n) is 9.84. The van der Waals surface area contributed by atoms with E-state index < -0.39 is 35.3 Å². The lowest BCUT2D eigenvalue weighted by Crippen LogP contribution is -2.54. The van der Waals surface area contributed by atoms with E-state index in [0.717, 1.165) is 10.4 Å². The lowest BCUT2D eigenvalue weighted by Gasteiger charge is -2.29. The average molecular weight is 429 g/mol. The summed E-state index contributed by atoms with van der Waals surface area (Å²) in [4.78, 5) is 42.2. The number of hydrogen-bond donors (Lipinski definition) is 1. The minimum atomic E-state index is -1.30. The third-order valence-corrected chi connectivity index (χ3v) is 7.08. The number of ether oxygens (including phenoxy) is 2. The monoisotopic (exact) mass is 428 g/mol. The first-order valence-corrected chi connectivity index (χ1v) is 10.7. The smallest absolute Gasteiger partial charge is 0.326 e. The second-order valence-corrected chi connectivity index (χ2v) is 8.68. The van der Waals surface area contributed by atoms with E-state index in [4.69, 9.17) is 9.47 Å². The fourth-order valence-electron chi connectivity index (χ4n) is 4.54. The standard InChI is InChI=1S/C22H24N2O5S/c1-5-29-21(27)22(3)16-15(17(23-22)18-12(2)9-10-30-18)19(25)24(20(16)26)13-7-6-8-14(11-13)28-4/h6-11,15-17,23H,5H2,1-4H3. The van der Waals surface area contributed by atoms with Crippen LogP contribution in [0.15, 0.2) is 35.7 Å². The summed E-state index contributed by atoms with van der Waals surface area (Å²) in [6.07, 6.45) is 0. The van der Waals surface area contributed by atoms with Crippen molar-refractivity contribution in [3.63, 3.8) is 0 Å². The lowest BCUT2D eigenvalue weighted by atomic mass is 9.81. The zero-order valence-corrected chi connectivity index (χ0v) is 18.1. The highest BCUT2D eigenvalue weighted by atomic mass is 32.1. The maximum Gasteiger partial charge on any atom is 0.326 e. The van der Waals surface area contributed by atoms with Gasteiger partial charge < -0.3 is 9.47 Å². The Morgan fingerprint density at radius 1 is 1.27 bits per heavy atom. The normalized spacial score (nSPS) is 28.0. The van der Waals surface area contributed by atoms with Crippen molar-refractivity contribution in [1.82, 2.24) is 5.32 Å². The second kappa shape index (κ2) is 7.52. The Morgan fingerprint density at radius 2 is 2.03 bits per heavy atom. The number of esters is 1. The van der Waals surface area contributed by atoms with Gasteiger partial charge >= 0.3 is 5.97 Å². The number of thiophene rings is 1. The van der Waals surface area contributed by atoms with Crippen LogP contribution in [-0.2, 0) is 19.1 Å². The minimum absolute atomic E-state index is 0.192. The van der Waals surface area contributed by atoms with Gasteiger partial charge in [0.25, 0.3) is 0 Å². The van der Waals surface area contributed by atoms with E-state index in [1.165, 1.54) is 23.3 Å². The molecule has 8 heteroatoms. The summed E-state index contributed by atoms with van der Waals surface area (Å²) in [6.45, 7) is 5.53. The molecule has 0 bridgehead atoms. The summed E-state index contributed by atoms with van der Waals surface area (Å²) >= 11 is 1.51. The number of carbonyl (C=O) groups is 3. The molecule has 4 unspecified atom stereocenters. The first-order chi connectivity index (χ1) is 14.3. The van der Waals surface area contributed by atoms with Crippen LogP contribution < -0.4 is 15.0 Å². The number of benzene rings is 1. The SMILES string of the molecule is CCOC(=O)C1(C)NC(c2sccc2C)C2C(=O)N(c3cccc(OC)c3)C(=O)C21. The largest absolute Gasteiger partial charge is 0.497 e. The van der Waals surface area contributed by atoms with Gasteiger partial charge in [0.1, 0.15) is 11.3 Å². The van der Waals surface area contributed by atoms with Gasteiger partial charge in [-0.3, -0.25) is 19.7 Å². The third kappa shape index (κ3) is 2.94. The molecule has 4 atom stereocenters. The van der Waals surface area contributed by atoms with E-state index in [1.807, 2.05) is 18.4 Å². The molecule has 2 aromatic rings. The van der Waals surface area contributed by atoms with E-state index in [9.17, 15) is 14.4 Å². The molecule has 1 aromatic carbocycles. The molecule has 0 radical (unpaired) electrons. The molecule has 0 saturated carbocycles. The number of anilines is 1. The van der Waals surface area contributed by atoms with E-state index >= 15 is 0 Å². The number of fused-ring (bicyclic) bond motifs is 1. The lowest BCUT2D eigenvalue weighted by molar-refractivity contribution is -0.153. The zero-order valence-electron chi connectivity index (χ0n) is 17.3. The van der Waals surface area contributed by atoms with Crippen molar-refractivity contribution >= 4 is 34.8 Å². The van der Waals surface area contributed by atoms with Crippen molar-refractivity contribution in [2.45, 2.75) is 32.4 Å². The Kier molecular flexibility index (Phi) is 5.15. The Labute approximate surface area is 179 Å². The second-order valence-electron chi connectivity index (χ2n) is 7.73. The molecule has 4 rings (SSSR count). The quantitative estimate of drug-likeness (QED) is 0.582. The molecule has 7 nitrogen and oxygen atoms in total. The van der Waals surface area contributed by atoms with Crippen LogP contribution in [0.4, 0.5) is 5.69 Å². The predicted octanol–water partition coefficient (Wildman–Crippen LogP) is 2.84.